The highest BCUT2D eigenvalue weighted by molar-refractivity contribution is 9.08. The Hall–Kier alpha value is -0.830. The number of alkyl halides is 1. The highest BCUT2D eigenvalue weighted by atomic mass is 79.9. The number of halogens is 1. The molecule has 2 nitrogen and oxygen atoms in total. The molecule has 0 radical (unpaired) electrons. The highest BCUT2D eigenvalue weighted by Crippen LogP contribution is 2.26. The molecule has 0 spiro atoms. The molecular weight excluding hydrogens is 280 g/mol. The monoisotopic (exact) mass is 298 g/mol. The van der Waals surface area contributed by atoms with E-state index in [-0.39, 0.29) is 12.1 Å². The average Bonchev–Trinajstić information content (AvgIpc) is 2.27. The molecule has 0 aromatic heterocycles. The fourth-order valence-electron chi connectivity index (χ4n) is 1.76. The van der Waals surface area contributed by atoms with E-state index in [1.807, 2.05) is 12.1 Å². The fraction of sp³-hybridized carbons (Fsp3) is 0.500. The van der Waals surface area contributed by atoms with Crippen LogP contribution in [0.3, 0.4) is 0 Å². The predicted molar refractivity (Wildman–Crippen MR) is 73.0 cm³/mol. The molecule has 3 heteroatoms. The van der Waals surface area contributed by atoms with Gasteiger partial charge in [0.05, 0.1) is 0 Å². The Balaban J connectivity index is 2.90. The van der Waals surface area contributed by atoms with E-state index in [0.29, 0.717) is 5.92 Å². The van der Waals surface area contributed by atoms with Crippen molar-refractivity contribution in [3.63, 3.8) is 0 Å². The topological polar surface area (TPSA) is 26.3 Å². The van der Waals surface area contributed by atoms with Crippen molar-refractivity contribution in [1.29, 1.82) is 0 Å². The van der Waals surface area contributed by atoms with Crippen LogP contribution in [0.25, 0.3) is 0 Å². The Bertz CT molecular complexity index is 374. The lowest BCUT2D eigenvalue weighted by Crippen LogP contribution is -2.11. The van der Waals surface area contributed by atoms with Gasteiger partial charge in [0.2, 0.25) is 0 Å². The van der Waals surface area contributed by atoms with Gasteiger partial charge in [-0.1, -0.05) is 54.0 Å². The SMILES string of the molecule is CC(=O)OC(CC(C)C)c1cccc(CBr)c1. The van der Waals surface area contributed by atoms with Crippen LogP contribution in [0.4, 0.5) is 0 Å². The maximum Gasteiger partial charge on any atom is 0.303 e. The van der Waals surface area contributed by atoms with Crippen LogP contribution in [0.2, 0.25) is 0 Å². The molecule has 0 heterocycles. The second-order valence-corrected chi connectivity index (χ2v) is 5.17. The average molecular weight is 299 g/mol. The van der Waals surface area contributed by atoms with E-state index >= 15 is 0 Å². The molecule has 1 aromatic carbocycles. The van der Waals surface area contributed by atoms with Crippen LogP contribution in [0, 0.1) is 5.92 Å². The van der Waals surface area contributed by atoms with Crippen molar-refractivity contribution in [3.05, 3.63) is 35.4 Å². The Kier molecular flexibility index (Phi) is 5.69. The summed E-state index contributed by atoms with van der Waals surface area (Å²) in [4.78, 5) is 11.1. The van der Waals surface area contributed by atoms with Gasteiger partial charge in [-0.3, -0.25) is 4.79 Å². The first-order chi connectivity index (χ1) is 8.02. The molecule has 0 N–H and O–H groups in total. The van der Waals surface area contributed by atoms with E-state index in [9.17, 15) is 4.79 Å². The second kappa shape index (κ2) is 6.80. The van der Waals surface area contributed by atoms with E-state index in [0.717, 1.165) is 17.3 Å². The minimum atomic E-state index is -0.222. The summed E-state index contributed by atoms with van der Waals surface area (Å²) >= 11 is 3.43. The zero-order valence-electron chi connectivity index (χ0n) is 10.6. The smallest absolute Gasteiger partial charge is 0.303 e. The van der Waals surface area contributed by atoms with Crippen molar-refractivity contribution in [2.45, 2.75) is 38.6 Å². The van der Waals surface area contributed by atoms with Gasteiger partial charge in [-0.25, -0.2) is 0 Å². The number of hydrogen-bond donors (Lipinski definition) is 0. The van der Waals surface area contributed by atoms with E-state index in [1.54, 1.807) is 0 Å². The summed E-state index contributed by atoms with van der Waals surface area (Å²) < 4.78 is 5.39. The summed E-state index contributed by atoms with van der Waals surface area (Å²) in [5.41, 5.74) is 2.27. The lowest BCUT2D eigenvalue weighted by Gasteiger charge is -2.19. The molecule has 1 aromatic rings. The first-order valence-corrected chi connectivity index (χ1v) is 6.97. The van der Waals surface area contributed by atoms with E-state index < -0.39 is 0 Å². The lowest BCUT2D eigenvalue weighted by molar-refractivity contribution is -0.147. The number of carbonyl (C=O) groups is 1. The Labute approximate surface area is 111 Å². The van der Waals surface area contributed by atoms with Crippen molar-refractivity contribution >= 4 is 21.9 Å². The van der Waals surface area contributed by atoms with Gasteiger partial charge in [0.15, 0.2) is 0 Å². The largest absolute Gasteiger partial charge is 0.458 e. The van der Waals surface area contributed by atoms with Gasteiger partial charge < -0.3 is 4.74 Å². The molecule has 0 saturated heterocycles. The summed E-state index contributed by atoms with van der Waals surface area (Å²) in [6.07, 6.45) is 0.720. The summed E-state index contributed by atoms with van der Waals surface area (Å²) in [6.45, 7) is 5.72. The molecule has 0 bridgehead atoms. The fourth-order valence-corrected chi connectivity index (χ4v) is 2.11. The Morgan fingerprint density at radius 1 is 1.41 bits per heavy atom. The van der Waals surface area contributed by atoms with E-state index in [1.165, 1.54) is 12.5 Å². The molecule has 1 rings (SSSR count). The number of esters is 1. The Morgan fingerprint density at radius 2 is 2.12 bits per heavy atom. The summed E-state index contributed by atoms with van der Waals surface area (Å²) in [6, 6.07) is 8.16. The van der Waals surface area contributed by atoms with Gasteiger partial charge in [0, 0.05) is 12.3 Å². The predicted octanol–water partition coefficient (Wildman–Crippen LogP) is 4.23. The van der Waals surface area contributed by atoms with E-state index in [4.69, 9.17) is 4.74 Å². The van der Waals surface area contributed by atoms with Crippen molar-refractivity contribution in [1.82, 2.24) is 0 Å². The van der Waals surface area contributed by atoms with Crippen LogP contribution >= 0.6 is 15.9 Å². The van der Waals surface area contributed by atoms with Crippen molar-refractivity contribution in [2.75, 3.05) is 0 Å². The lowest BCUT2D eigenvalue weighted by atomic mass is 9.98. The standard InChI is InChI=1S/C14H19BrO2/c1-10(2)7-14(17-11(3)16)13-6-4-5-12(8-13)9-15/h4-6,8,10,14H,7,9H2,1-3H3. The molecule has 94 valence electrons. The Morgan fingerprint density at radius 3 is 2.65 bits per heavy atom. The maximum absolute atomic E-state index is 11.1. The van der Waals surface area contributed by atoms with Crippen LogP contribution in [-0.2, 0) is 14.9 Å². The molecule has 1 unspecified atom stereocenters. The van der Waals surface area contributed by atoms with Crippen molar-refractivity contribution in [3.8, 4) is 0 Å². The number of benzene rings is 1. The number of carbonyl (C=O) groups excluding carboxylic acids is 1. The number of ether oxygens (including phenoxy) is 1. The molecule has 0 amide bonds. The third-order valence-electron chi connectivity index (χ3n) is 2.47. The first kappa shape index (κ1) is 14.2. The zero-order valence-corrected chi connectivity index (χ0v) is 12.2. The van der Waals surface area contributed by atoms with Crippen molar-refractivity contribution < 1.29 is 9.53 Å². The third kappa shape index (κ3) is 4.90. The van der Waals surface area contributed by atoms with Gasteiger partial charge in [-0.15, -0.1) is 0 Å². The molecule has 0 fully saturated rings. The number of rotatable bonds is 5. The normalized spacial score (nSPS) is 12.5. The number of hydrogen-bond acceptors (Lipinski definition) is 2. The quantitative estimate of drug-likeness (QED) is 0.600. The minimum Gasteiger partial charge on any atom is -0.458 e. The second-order valence-electron chi connectivity index (χ2n) is 4.61. The first-order valence-electron chi connectivity index (χ1n) is 5.85. The van der Waals surface area contributed by atoms with Crippen LogP contribution in [0.1, 0.15) is 44.4 Å². The van der Waals surface area contributed by atoms with E-state index in [2.05, 4.69) is 41.9 Å². The summed E-state index contributed by atoms with van der Waals surface area (Å²) in [5.74, 6) is 0.270. The van der Waals surface area contributed by atoms with Crippen LogP contribution in [-0.4, -0.2) is 5.97 Å². The molecule has 0 saturated carbocycles. The molecule has 17 heavy (non-hydrogen) atoms. The van der Waals surface area contributed by atoms with Crippen molar-refractivity contribution in [2.24, 2.45) is 5.92 Å². The third-order valence-corrected chi connectivity index (χ3v) is 3.12. The molecule has 0 aliphatic rings. The summed E-state index contributed by atoms with van der Waals surface area (Å²) in [5, 5.41) is 0.815. The van der Waals surface area contributed by atoms with Crippen LogP contribution in [0.5, 0.6) is 0 Å². The zero-order chi connectivity index (χ0) is 12.8. The van der Waals surface area contributed by atoms with Crippen LogP contribution in [0.15, 0.2) is 24.3 Å². The van der Waals surface area contributed by atoms with Crippen LogP contribution < -0.4 is 0 Å². The molecule has 0 aliphatic heterocycles. The molecular formula is C14H19BrO2. The van der Waals surface area contributed by atoms with Gasteiger partial charge in [0.25, 0.3) is 0 Å². The van der Waals surface area contributed by atoms with Gasteiger partial charge in [0.1, 0.15) is 6.10 Å². The van der Waals surface area contributed by atoms with Gasteiger partial charge in [-0.2, -0.15) is 0 Å². The highest BCUT2D eigenvalue weighted by Gasteiger charge is 2.16. The molecule has 0 aliphatic carbocycles. The van der Waals surface area contributed by atoms with Gasteiger partial charge >= 0.3 is 5.97 Å². The molecule has 1 atom stereocenters. The summed E-state index contributed by atoms with van der Waals surface area (Å²) in [7, 11) is 0. The maximum atomic E-state index is 11.1. The minimum absolute atomic E-state index is 0.133. The van der Waals surface area contributed by atoms with Gasteiger partial charge in [-0.05, 0) is 23.5 Å².